The third-order valence-electron chi connectivity index (χ3n) is 7.47. The van der Waals surface area contributed by atoms with Crippen LogP contribution >= 0.6 is 0 Å². The van der Waals surface area contributed by atoms with Crippen molar-refractivity contribution >= 4 is 46.2 Å². The smallest absolute Gasteiger partial charge is 0.408 e. The Morgan fingerprint density at radius 1 is 0.729 bits per heavy atom. The molecule has 3 rings (SSSR count). The monoisotopic (exact) mass is 659 g/mol. The molecule has 0 bridgehead atoms. The number of hydrogen-bond acceptors (Lipinski definition) is 7. The van der Waals surface area contributed by atoms with Crippen LogP contribution in [-0.4, -0.2) is 54.4 Å². The second-order valence-corrected chi connectivity index (χ2v) is 12.6. The summed E-state index contributed by atoms with van der Waals surface area (Å²) >= 11 is 0. The molecular formula is C36H49N7O5. The van der Waals surface area contributed by atoms with Gasteiger partial charge in [-0.25, -0.2) is 4.79 Å². The van der Waals surface area contributed by atoms with E-state index in [1.807, 2.05) is 100 Å². The summed E-state index contributed by atoms with van der Waals surface area (Å²) in [7, 11) is 0. The number of imide groups is 1. The fourth-order valence-electron chi connectivity index (χ4n) is 5.13. The number of carbonyl (C=O) groups is 4. The van der Waals surface area contributed by atoms with Gasteiger partial charge < -0.3 is 32.2 Å². The van der Waals surface area contributed by atoms with Crippen molar-refractivity contribution in [1.29, 1.82) is 0 Å². The van der Waals surface area contributed by atoms with Gasteiger partial charge in [0.25, 0.3) is 0 Å². The van der Waals surface area contributed by atoms with E-state index in [4.69, 9.17) is 16.2 Å². The summed E-state index contributed by atoms with van der Waals surface area (Å²) < 4.78 is 5.33. The summed E-state index contributed by atoms with van der Waals surface area (Å²) in [4.78, 5) is 57.3. The van der Waals surface area contributed by atoms with Gasteiger partial charge in [-0.2, -0.15) is 0 Å². The van der Waals surface area contributed by atoms with Crippen LogP contribution in [0.3, 0.4) is 0 Å². The molecule has 4 amide bonds. The number of hydrogen-bond donors (Lipinski definition) is 6. The highest BCUT2D eigenvalue weighted by atomic mass is 16.5. The number of carbonyl (C=O) groups excluding carboxylic acids is 4. The third kappa shape index (κ3) is 12.9. The van der Waals surface area contributed by atoms with Crippen molar-refractivity contribution in [3.05, 3.63) is 78.4 Å². The Kier molecular flexibility index (Phi) is 14.7. The van der Waals surface area contributed by atoms with Gasteiger partial charge in [-0.15, -0.1) is 0 Å². The average molecular weight is 660 g/mol. The van der Waals surface area contributed by atoms with Crippen LogP contribution in [0.4, 0.5) is 10.5 Å². The largest absolute Gasteiger partial charge is 0.445 e. The van der Waals surface area contributed by atoms with E-state index in [-0.39, 0.29) is 30.8 Å². The standard InChI is InChI=1S/C36H49N7O5/c1-23(2)19-30(41-33(45)31(20-24(3)4)42-36(47)48-22-25-11-6-5-7-12-25)34(46)43-32(44)29(15-10-18-39-35(37)38)40-28-17-16-26-13-8-9-14-27(26)21-28/h5-9,11-14,16-17,21,23-24,29-31,40H,10,15,18-20,22H2,1-4H3,(H,41,45)(H,42,47)(H4,37,38,39)(H,43,44,46)/t29-,30-,31-/m0/s1. The number of rotatable bonds is 17. The summed E-state index contributed by atoms with van der Waals surface area (Å²) in [5.74, 6) is -1.73. The topological polar surface area (TPSA) is 190 Å². The van der Waals surface area contributed by atoms with Crippen molar-refractivity contribution in [3.8, 4) is 0 Å². The Morgan fingerprint density at radius 2 is 1.33 bits per heavy atom. The van der Waals surface area contributed by atoms with E-state index in [0.29, 0.717) is 31.5 Å². The molecule has 8 N–H and O–H groups in total. The molecule has 0 aliphatic carbocycles. The lowest BCUT2D eigenvalue weighted by molar-refractivity contribution is -0.135. The highest BCUT2D eigenvalue weighted by Gasteiger charge is 2.30. The minimum Gasteiger partial charge on any atom is -0.445 e. The fraction of sp³-hybridized carbons (Fsp3) is 0.417. The van der Waals surface area contributed by atoms with Crippen molar-refractivity contribution in [2.24, 2.45) is 28.3 Å². The molecule has 0 aromatic heterocycles. The maximum absolute atomic E-state index is 13.6. The second kappa shape index (κ2) is 18.9. The van der Waals surface area contributed by atoms with Gasteiger partial charge >= 0.3 is 6.09 Å². The number of nitrogens with zero attached hydrogens (tertiary/aromatic N) is 1. The predicted molar refractivity (Wildman–Crippen MR) is 189 cm³/mol. The van der Waals surface area contributed by atoms with E-state index in [0.717, 1.165) is 16.3 Å². The van der Waals surface area contributed by atoms with Gasteiger partial charge in [0, 0.05) is 12.2 Å². The molecule has 0 aliphatic rings. The summed E-state index contributed by atoms with van der Waals surface area (Å²) in [6.07, 6.45) is 0.637. The summed E-state index contributed by atoms with van der Waals surface area (Å²) in [5, 5.41) is 13.2. The number of aliphatic imine (C=N–C) groups is 1. The molecule has 0 unspecified atom stereocenters. The SMILES string of the molecule is CC(C)C[C@H](NC(=O)OCc1ccccc1)C(=O)N[C@@H](CC(C)C)C(=O)NC(=O)[C@H](CCCN=C(N)N)Nc1ccc2ccccc2c1. The van der Waals surface area contributed by atoms with E-state index < -0.39 is 41.9 Å². The van der Waals surface area contributed by atoms with Gasteiger partial charge in [-0.1, -0.05) is 88.4 Å². The molecule has 48 heavy (non-hydrogen) atoms. The van der Waals surface area contributed by atoms with Crippen LogP contribution in [0.2, 0.25) is 0 Å². The number of alkyl carbamates (subject to hydrolysis) is 1. The molecule has 0 fully saturated rings. The highest BCUT2D eigenvalue weighted by Crippen LogP contribution is 2.20. The van der Waals surface area contributed by atoms with E-state index in [2.05, 4.69) is 26.3 Å². The first-order valence-electron chi connectivity index (χ1n) is 16.3. The number of fused-ring (bicyclic) bond motifs is 1. The maximum Gasteiger partial charge on any atom is 0.408 e. The Balaban J connectivity index is 1.71. The van der Waals surface area contributed by atoms with Crippen LogP contribution in [0.1, 0.15) is 58.9 Å². The van der Waals surface area contributed by atoms with Crippen LogP contribution in [-0.2, 0) is 25.7 Å². The van der Waals surface area contributed by atoms with Crippen molar-refractivity contribution in [3.63, 3.8) is 0 Å². The van der Waals surface area contributed by atoms with Gasteiger partial charge in [0.2, 0.25) is 17.7 Å². The first kappa shape index (κ1) is 37.3. The normalized spacial score (nSPS) is 12.9. The molecule has 0 heterocycles. The van der Waals surface area contributed by atoms with Crippen molar-refractivity contribution < 1.29 is 23.9 Å². The quantitative estimate of drug-likeness (QED) is 0.0706. The molecule has 3 aromatic carbocycles. The lowest BCUT2D eigenvalue weighted by Crippen LogP contribution is -2.56. The highest BCUT2D eigenvalue weighted by molar-refractivity contribution is 6.02. The van der Waals surface area contributed by atoms with Gasteiger partial charge in [0.1, 0.15) is 24.7 Å². The number of benzene rings is 3. The second-order valence-electron chi connectivity index (χ2n) is 12.6. The van der Waals surface area contributed by atoms with Crippen LogP contribution in [0, 0.1) is 11.8 Å². The molecule has 3 aromatic rings. The van der Waals surface area contributed by atoms with E-state index >= 15 is 0 Å². The predicted octanol–water partition coefficient (Wildman–Crippen LogP) is 4.19. The zero-order chi connectivity index (χ0) is 35.1. The van der Waals surface area contributed by atoms with E-state index in [1.165, 1.54) is 0 Å². The molecule has 0 saturated heterocycles. The molecule has 12 nitrogen and oxygen atoms in total. The molecule has 0 saturated carbocycles. The first-order valence-corrected chi connectivity index (χ1v) is 16.3. The lowest BCUT2D eigenvalue weighted by atomic mass is 10.00. The van der Waals surface area contributed by atoms with Crippen LogP contribution in [0.5, 0.6) is 0 Å². The van der Waals surface area contributed by atoms with Gasteiger partial charge in [0.15, 0.2) is 5.96 Å². The number of anilines is 1. The minimum absolute atomic E-state index is 0.00889. The van der Waals surface area contributed by atoms with E-state index in [9.17, 15) is 19.2 Å². The van der Waals surface area contributed by atoms with Crippen molar-refractivity contribution in [2.45, 2.75) is 78.1 Å². The Morgan fingerprint density at radius 3 is 1.98 bits per heavy atom. The molecule has 3 atom stereocenters. The number of ether oxygens (including phenoxy) is 1. The van der Waals surface area contributed by atoms with Gasteiger partial charge in [-0.3, -0.25) is 24.7 Å². The minimum atomic E-state index is -1.03. The third-order valence-corrected chi connectivity index (χ3v) is 7.47. The van der Waals surface area contributed by atoms with Gasteiger partial charge in [-0.05, 0) is 66.0 Å². The summed E-state index contributed by atoms with van der Waals surface area (Å²) in [6.45, 7) is 8.01. The summed E-state index contributed by atoms with van der Waals surface area (Å²) in [6, 6.07) is 20.0. The molecule has 0 spiro atoms. The fourth-order valence-corrected chi connectivity index (χ4v) is 5.13. The van der Waals surface area contributed by atoms with E-state index in [1.54, 1.807) is 0 Å². The molecule has 258 valence electrons. The molecule has 0 radical (unpaired) electrons. The Hall–Kier alpha value is -5.13. The number of nitrogens with two attached hydrogens (primary N) is 2. The van der Waals surface area contributed by atoms with Crippen molar-refractivity contribution in [2.75, 3.05) is 11.9 Å². The number of guanidine groups is 1. The summed E-state index contributed by atoms with van der Waals surface area (Å²) in [5.41, 5.74) is 12.4. The zero-order valence-corrected chi connectivity index (χ0v) is 28.2. The first-order chi connectivity index (χ1) is 22.9. The lowest BCUT2D eigenvalue weighted by Gasteiger charge is -2.26. The molecular weight excluding hydrogens is 610 g/mol. The average Bonchev–Trinajstić information content (AvgIpc) is 3.04. The molecule has 12 heteroatoms. The van der Waals surface area contributed by atoms with Crippen molar-refractivity contribution in [1.82, 2.24) is 16.0 Å². The zero-order valence-electron chi connectivity index (χ0n) is 28.2. The molecule has 0 aliphatic heterocycles. The number of nitrogens with one attached hydrogen (secondary N) is 4. The Labute approximate surface area is 282 Å². The van der Waals surface area contributed by atoms with Crippen LogP contribution in [0.15, 0.2) is 77.8 Å². The number of amides is 4. The van der Waals surface area contributed by atoms with Gasteiger partial charge in [0.05, 0.1) is 0 Å². The van der Waals surface area contributed by atoms with Crippen LogP contribution < -0.4 is 32.7 Å². The van der Waals surface area contributed by atoms with Crippen LogP contribution in [0.25, 0.3) is 10.8 Å². The Bertz CT molecular complexity index is 1540. The maximum atomic E-state index is 13.6.